The van der Waals surface area contributed by atoms with E-state index in [1.165, 1.54) is 20.3 Å². The maximum Gasteiger partial charge on any atom is 0.243 e. The van der Waals surface area contributed by atoms with E-state index in [0.717, 1.165) is 55.7 Å². The maximum atomic E-state index is 11.6. The van der Waals surface area contributed by atoms with Gasteiger partial charge in [-0.15, -0.1) is 0 Å². The lowest BCUT2D eigenvalue weighted by Crippen LogP contribution is -2.46. The summed E-state index contributed by atoms with van der Waals surface area (Å²) < 4.78 is 16.9. The summed E-state index contributed by atoms with van der Waals surface area (Å²) in [6, 6.07) is 5.93. The number of piperidine rings is 1. The molecule has 2 amide bonds. The van der Waals surface area contributed by atoms with Crippen molar-refractivity contribution in [1.29, 1.82) is 0 Å². The summed E-state index contributed by atoms with van der Waals surface area (Å²) in [5, 5.41) is 5.11. The number of methoxy groups -OCH3 is 1. The molecule has 9 heteroatoms. The molecule has 0 spiro atoms. The lowest BCUT2D eigenvalue weighted by Gasteiger charge is -2.38. The van der Waals surface area contributed by atoms with Crippen molar-refractivity contribution in [3.05, 3.63) is 65.6 Å². The Labute approximate surface area is 254 Å². The van der Waals surface area contributed by atoms with Crippen LogP contribution in [0.15, 0.2) is 54.5 Å². The number of para-hydroxylation sites is 1. The van der Waals surface area contributed by atoms with E-state index >= 15 is 0 Å². The molecule has 0 aromatic heterocycles. The summed E-state index contributed by atoms with van der Waals surface area (Å²) in [4.78, 5) is 33.5. The van der Waals surface area contributed by atoms with E-state index in [1.54, 1.807) is 32.3 Å². The standard InChI is InChI=1S/C19H24N2O3.C9H19NO2.C3H8.C2H4O/c1-6-17(24-19-13(2)8-7-9-14(19)3)11-10-15(4)21-18(23)12-20-16(5)22;1-4-12-9(11-3)5-7-10(2)8-6-9;1-3-2;1-2-3/h6-11H,1,12H2,2-5H3,(H,20,22)(H,21,23);4-8H2,1-3H3;3H2,1-2H3;2H,1H3/b15-10+,17-11+;;;. The molecule has 1 saturated heterocycles. The highest BCUT2D eigenvalue weighted by atomic mass is 16.7. The van der Waals surface area contributed by atoms with E-state index in [0.29, 0.717) is 11.5 Å². The summed E-state index contributed by atoms with van der Waals surface area (Å²) in [6.45, 7) is 21.3. The van der Waals surface area contributed by atoms with Crippen molar-refractivity contribution in [3.63, 3.8) is 0 Å². The molecule has 1 aliphatic rings. The summed E-state index contributed by atoms with van der Waals surface area (Å²) in [5.74, 6) is 0.541. The van der Waals surface area contributed by atoms with Gasteiger partial charge in [-0.2, -0.15) is 0 Å². The zero-order chi connectivity index (χ0) is 32.6. The normalized spacial score (nSPS) is 14.3. The number of nitrogens with one attached hydrogen (secondary N) is 2. The predicted octanol–water partition coefficient (Wildman–Crippen LogP) is 5.62. The van der Waals surface area contributed by atoms with E-state index in [2.05, 4.69) is 43.0 Å². The molecule has 0 bridgehead atoms. The average Bonchev–Trinajstić information content (AvgIpc) is 2.94. The van der Waals surface area contributed by atoms with Crippen molar-refractivity contribution >= 4 is 18.1 Å². The number of rotatable bonds is 10. The molecule has 9 nitrogen and oxygen atoms in total. The number of aryl methyl sites for hydroxylation is 2. The van der Waals surface area contributed by atoms with E-state index in [1.807, 2.05) is 39.0 Å². The van der Waals surface area contributed by atoms with Crippen LogP contribution in [0.1, 0.15) is 71.9 Å². The van der Waals surface area contributed by atoms with Gasteiger partial charge in [0.05, 0.1) is 6.54 Å². The second kappa shape index (κ2) is 24.3. The number of benzene rings is 1. The van der Waals surface area contributed by atoms with Crippen LogP contribution >= 0.6 is 0 Å². The number of nitrogens with zero attached hydrogens (tertiary/aromatic N) is 1. The van der Waals surface area contributed by atoms with Gasteiger partial charge in [0.25, 0.3) is 0 Å². The Morgan fingerprint density at radius 1 is 1.07 bits per heavy atom. The first-order chi connectivity index (χ1) is 19.9. The summed E-state index contributed by atoms with van der Waals surface area (Å²) in [5.41, 5.74) is 2.70. The van der Waals surface area contributed by atoms with Crippen molar-refractivity contribution in [3.8, 4) is 5.75 Å². The van der Waals surface area contributed by atoms with E-state index in [-0.39, 0.29) is 24.1 Å². The first-order valence-electron chi connectivity index (χ1n) is 14.5. The molecule has 2 rings (SSSR count). The van der Waals surface area contributed by atoms with Crippen molar-refractivity contribution in [2.24, 2.45) is 0 Å². The van der Waals surface area contributed by atoms with Gasteiger partial charge in [-0.3, -0.25) is 9.59 Å². The van der Waals surface area contributed by atoms with Gasteiger partial charge in [0.2, 0.25) is 11.8 Å². The molecule has 1 aliphatic heterocycles. The molecule has 0 atom stereocenters. The zero-order valence-corrected chi connectivity index (χ0v) is 27.6. The lowest BCUT2D eigenvalue weighted by molar-refractivity contribution is -0.240. The Morgan fingerprint density at radius 2 is 1.60 bits per heavy atom. The van der Waals surface area contributed by atoms with Gasteiger partial charge in [-0.05, 0) is 71.0 Å². The van der Waals surface area contributed by atoms with Crippen LogP contribution in [0.5, 0.6) is 5.75 Å². The van der Waals surface area contributed by atoms with Crippen LogP contribution in [-0.2, 0) is 23.9 Å². The first-order valence-corrected chi connectivity index (χ1v) is 14.5. The minimum absolute atomic E-state index is 0.0581. The molecular formula is C33H55N3O6. The van der Waals surface area contributed by atoms with Gasteiger partial charge in [0.15, 0.2) is 5.79 Å². The fourth-order valence-electron chi connectivity index (χ4n) is 3.57. The van der Waals surface area contributed by atoms with Crippen molar-refractivity contribution in [2.75, 3.05) is 40.4 Å². The third-order valence-electron chi connectivity index (χ3n) is 5.69. The Morgan fingerprint density at radius 3 is 2.02 bits per heavy atom. The van der Waals surface area contributed by atoms with Gasteiger partial charge in [-0.25, -0.2) is 0 Å². The molecule has 1 heterocycles. The monoisotopic (exact) mass is 589 g/mol. The molecule has 1 aromatic rings. The number of likely N-dealkylation sites (tertiary alicyclic amines) is 1. The molecule has 1 aromatic carbocycles. The molecule has 1 fully saturated rings. The van der Waals surface area contributed by atoms with Crippen LogP contribution in [0.2, 0.25) is 0 Å². The Kier molecular flexibility index (Phi) is 23.7. The quantitative estimate of drug-likeness (QED) is 0.158. The van der Waals surface area contributed by atoms with E-state index in [9.17, 15) is 9.59 Å². The molecule has 0 saturated carbocycles. The zero-order valence-electron chi connectivity index (χ0n) is 27.6. The minimum Gasteiger partial charge on any atom is -0.457 e. The van der Waals surface area contributed by atoms with Crippen LogP contribution in [-0.4, -0.2) is 69.2 Å². The number of carbonyl (C=O) groups excluding carboxylic acids is 3. The largest absolute Gasteiger partial charge is 0.457 e. The van der Waals surface area contributed by atoms with E-state index < -0.39 is 0 Å². The van der Waals surface area contributed by atoms with Gasteiger partial charge in [-0.1, -0.05) is 45.0 Å². The number of carbonyl (C=O) groups is 3. The van der Waals surface area contributed by atoms with Crippen molar-refractivity contribution in [1.82, 2.24) is 15.5 Å². The smallest absolute Gasteiger partial charge is 0.243 e. The van der Waals surface area contributed by atoms with Crippen molar-refractivity contribution in [2.45, 2.75) is 80.4 Å². The van der Waals surface area contributed by atoms with Gasteiger partial charge < -0.3 is 34.5 Å². The summed E-state index contributed by atoms with van der Waals surface area (Å²) >= 11 is 0. The van der Waals surface area contributed by atoms with Crippen LogP contribution in [0.4, 0.5) is 0 Å². The summed E-state index contributed by atoms with van der Waals surface area (Å²) in [6.07, 6.45) is 9.01. The first kappa shape index (κ1) is 40.9. The molecule has 0 aliphatic carbocycles. The SMILES string of the molecule is C=C/C(=C\C=C(/C)NC(=O)CNC(C)=O)Oc1c(C)cccc1C.CC=O.CCC.CCOC1(OC)CCN(C)CC1. The highest BCUT2D eigenvalue weighted by Gasteiger charge is 2.33. The highest BCUT2D eigenvalue weighted by Crippen LogP contribution is 2.26. The van der Waals surface area contributed by atoms with E-state index in [4.69, 9.17) is 19.0 Å². The molecule has 42 heavy (non-hydrogen) atoms. The number of hydrogen-bond acceptors (Lipinski definition) is 7. The maximum absolute atomic E-state index is 11.6. The molecular weight excluding hydrogens is 534 g/mol. The number of amides is 2. The number of ether oxygens (including phenoxy) is 3. The highest BCUT2D eigenvalue weighted by molar-refractivity contribution is 5.84. The average molecular weight is 590 g/mol. The fourth-order valence-corrected chi connectivity index (χ4v) is 3.57. The van der Waals surface area contributed by atoms with Crippen LogP contribution in [0.3, 0.4) is 0 Å². The topological polar surface area (TPSA) is 106 Å². The molecule has 238 valence electrons. The minimum atomic E-state index is -0.290. The Balaban J connectivity index is 0. The number of aldehydes is 1. The van der Waals surface area contributed by atoms with Crippen LogP contribution in [0.25, 0.3) is 0 Å². The number of hydrogen-bond donors (Lipinski definition) is 2. The van der Waals surface area contributed by atoms with Gasteiger partial charge in [0, 0.05) is 52.3 Å². The van der Waals surface area contributed by atoms with Crippen LogP contribution < -0.4 is 15.4 Å². The van der Waals surface area contributed by atoms with Crippen LogP contribution in [0, 0.1) is 13.8 Å². The number of allylic oxidation sites excluding steroid dienone is 4. The lowest BCUT2D eigenvalue weighted by atomic mass is 10.0. The molecule has 0 unspecified atom stereocenters. The fraction of sp³-hybridized carbons (Fsp3) is 0.545. The van der Waals surface area contributed by atoms with Crippen molar-refractivity contribution < 1.29 is 28.6 Å². The third kappa shape index (κ3) is 19.0. The Bertz CT molecular complexity index is 975. The third-order valence-corrected chi connectivity index (χ3v) is 5.69. The van der Waals surface area contributed by atoms with Gasteiger partial charge in [0.1, 0.15) is 17.8 Å². The molecule has 0 radical (unpaired) electrons. The Hall–Kier alpha value is -3.27. The second-order valence-corrected chi connectivity index (χ2v) is 9.70. The van der Waals surface area contributed by atoms with Gasteiger partial charge >= 0.3 is 0 Å². The summed E-state index contributed by atoms with van der Waals surface area (Å²) in [7, 11) is 3.87. The predicted molar refractivity (Wildman–Crippen MR) is 171 cm³/mol. The molecule has 2 N–H and O–H groups in total. The second-order valence-electron chi connectivity index (χ2n) is 9.70.